The minimum atomic E-state index is -0.936. The molecule has 0 aliphatic heterocycles. The average Bonchev–Trinajstić information content (AvgIpc) is 3.49. The molecule has 1 fully saturated rings. The zero-order valence-electron chi connectivity index (χ0n) is 22.3. The van der Waals surface area contributed by atoms with E-state index in [1.54, 1.807) is 30.8 Å². The van der Waals surface area contributed by atoms with Gasteiger partial charge in [-0.15, -0.1) is 0 Å². The van der Waals surface area contributed by atoms with Gasteiger partial charge in [-0.2, -0.15) is 10.2 Å². The molecule has 1 atom stereocenters. The lowest BCUT2D eigenvalue weighted by Crippen LogP contribution is -2.36. The number of carbonyl (C=O) groups excluding carboxylic acids is 1. The normalized spacial score (nSPS) is 15.1. The van der Waals surface area contributed by atoms with E-state index in [0.29, 0.717) is 29.7 Å². The van der Waals surface area contributed by atoms with Crippen LogP contribution in [0.3, 0.4) is 0 Å². The minimum Gasteiger partial charge on any atom is -0.455 e. The molecule has 1 amide bonds. The number of benzene rings is 1. The van der Waals surface area contributed by atoms with E-state index in [2.05, 4.69) is 15.5 Å². The molecule has 1 saturated carbocycles. The number of hydrogen-bond donors (Lipinski definition) is 2. The van der Waals surface area contributed by atoms with Crippen LogP contribution in [-0.2, 0) is 11.3 Å². The lowest BCUT2D eigenvalue weighted by molar-refractivity contribution is -0.120. The van der Waals surface area contributed by atoms with Gasteiger partial charge >= 0.3 is 0 Å². The summed E-state index contributed by atoms with van der Waals surface area (Å²) in [7, 11) is 0. The summed E-state index contributed by atoms with van der Waals surface area (Å²) in [6, 6.07) is 6.31. The van der Waals surface area contributed by atoms with Gasteiger partial charge in [0, 0.05) is 18.3 Å². The number of aliphatic hydroxyl groups is 1. The van der Waals surface area contributed by atoms with Crippen LogP contribution in [0.2, 0.25) is 0 Å². The number of rotatable bonds is 9. The summed E-state index contributed by atoms with van der Waals surface area (Å²) < 4.78 is 8.89. The summed E-state index contributed by atoms with van der Waals surface area (Å²) in [6.07, 6.45) is 8.05. The Morgan fingerprint density at radius 2 is 1.89 bits per heavy atom. The lowest BCUT2D eigenvalue weighted by atomic mass is 9.98. The van der Waals surface area contributed by atoms with Crippen LogP contribution in [0.5, 0.6) is 11.5 Å². The molecular formula is C28H37N5O4. The van der Waals surface area contributed by atoms with Crippen LogP contribution in [0.25, 0.3) is 0 Å². The van der Waals surface area contributed by atoms with E-state index in [1.807, 2.05) is 32.9 Å². The largest absolute Gasteiger partial charge is 0.455 e. The molecule has 3 aromatic rings. The predicted molar refractivity (Wildman–Crippen MR) is 142 cm³/mol. The third-order valence-corrected chi connectivity index (χ3v) is 6.96. The highest BCUT2D eigenvalue weighted by Gasteiger charge is 2.29. The van der Waals surface area contributed by atoms with Crippen molar-refractivity contribution in [1.29, 1.82) is 0 Å². The van der Waals surface area contributed by atoms with E-state index >= 15 is 0 Å². The Labute approximate surface area is 217 Å². The first-order valence-corrected chi connectivity index (χ1v) is 12.9. The Kier molecular flexibility index (Phi) is 7.82. The number of anilines is 1. The molecule has 4 rings (SSSR count). The molecule has 1 unspecified atom stereocenters. The van der Waals surface area contributed by atoms with Gasteiger partial charge in [-0.1, -0.05) is 37.8 Å². The maximum Gasteiger partial charge on any atom is 0.271 e. The summed E-state index contributed by atoms with van der Waals surface area (Å²) in [5.41, 5.74) is 1.74. The Bertz CT molecular complexity index is 1310. The van der Waals surface area contributed by atoms with Crippen LogP contribution in [0.1, 0.15) is 68.7 Å². The fourth-order valence-electron chi connectivity index (χ4n) is 4.89. The molecule has 9 heteroatoms. The second kappa shape index (κ2) is 10.9. The zero-order valence-corrected chi connectivity index (χ0v) is 22.3. The van der Waals surface area contributed by atoms with Crippen LogP contribution in [0.15, 0.2) is 41.5 Å². The molecule has 1 aromatic carbocycles. The second-order valence-corrected chi connectivity index (χ2v) is 10.8. The summed E-state index contributed by atoms with van der Waals surface area (Å²) in [6.45, 7) is 9.63. The summed E-state index contributed by atoms with van der Waals surface area (Å²) in [4.78, 5) is 26.6. The lowest BCUT2D eigenvalue weighted by Gasteiger charge is -2.21. The van der Waals surface area contributed by atoms with Crippen molar-refractivity contribution in [1.82, 2.24) is 19.6 Å². The quantitative estimate of drug-likeness (QED) is 0.435. The number of aromatic nitrogens is 4. The van der Waals surface area contributed by atoms with Crippen LogP contribution < -0.4 is 15.6 Å². The summed E-state index contributed by atoms with van der Waals surface area (Å²) >= 11 is 0. The summed E-state index contributed by atoms with van der Waals surface area (Å²) in [5, 5.41) is 21.6. The standard InChI is InChI=1S/C28H37N5O4/c1-18-10-11-19(2)26(20(18)3)37-22-15-25(34)33(29-16-22)23(14-21-8-6-7-9-21)27(35)30-24-12-13-32(31-24)17-28(4,5)36/h10-13,15-16,21,23,36H,6-9,14,17H2,1-5H3,(H,30,31,35). The van der Waals surface area contributed by atoms with Gasteiger partial charge in [0.15, 0.2) is 11.6 Å². The Morgan fingerprint density at radius 3 is 2.57 bits per heavy atom. The third kappa shape index (κ3) is 6.65. The highest BCUT2D eigenvalue weighted by Crippen LogP contribution is 2.33. The van der Waals surface area contributed by atoms with Crippen molar-refractivity contribution in [3.8, 4) is 11.5 Å². The molecule has 37 heavy (non-hydrogen) atoms. The second-order valence-electron chi connectivity index (χ2n) is 10.8. The third-order valence-electron chi connectivity index (χ3n) is 6.96. The Morgan fingerprint density at radius 1 is 1.19 bits per heavy atom. The van der Waals surface area contributed by atoms with Gasteiger partial charge in [-0.05, 0) is 63.6 Å². The molecule has 1 aliphatic carbocycles. The van der Waals surface area contributed by atoms with Crippen molar-refractivity contribution in [2.75, 3.05) is 5.32 Å². The van der Waals surface area contributed by atoms with Crippen molar-refractivity contribution < 1.29 is 14.6 Å². The van der Waals surface area contributed by atoms with Gasteiger partial charge in [0.2, 0.25) is 0 Å². The maximum absolute atomic E-state index is 13.4. The minimum absolute atomic E-state index is 0.288. The molecule has 9 nitrogen and oxygen atoms in total. The monoisotopic (exact) mass is 507 g/mol. The van der Waals surface area contributed by atoms with Gasteiger partial charge in [-0.3, -0.25) is 14.3 Å². The molecule has 0 spiro atoms. The highest BCUT2D eigenvalue weighted by atomic mass is 16.5. The molecule has 1 aliphatic rings. The Hall–Kier alpha value is -3.46. The first kappa shape index (κ1) is 26.6. The number of aryl methyl sites for hydroxylation is 2. The van der Waals surface area contributed by atoms with E-state index in [1.165, 1.54) is 16.9 Å². The van der Waals surface area contributed by atoms with Gasteiger partial charge in [-0.25, -0.2) is 4.68 Å². The first-order valence-electron chi connectivity index (χ1n) is 12.9. The average molecular weight is 508 g/mol. The number of carbonyl (C=O) groups is 1. The maximum atomic E-state index is 13.4. The smallest absolute Gasteiger partial charge is 0.271 e. The number of nitrogens with one attached hydrogen (secondary N) is 1. The van der Waals surface area contributed by atoms with E-state index in [9.17, 15) is 14.7 Å². The number of nitrogens with zero attached hydrogens (tertiary/aromatic N) is 4. The predicted octanol–water partition coefficient (Wildman–Crippen LogP) is 4.69. The van der Waals surface area contributed by atoms with E-state index in [0.717, 1.165) is 42.4 Å². The van der Waals surface area contributed by atoms with Crippen molar-refractivity contribution in [2.45, 2.75) is 84.9 Å². The number of amides is 1. The SMILES string of the molecule is Cc1ccc(C)c(Oc2cnn(C(CC3CCCC3)C(=O)Nc3ccn(CC(C)(C)O)n3)c(=O)c2)c1C. The highest BCUT2D eigenvalue weighted by molar-refractivity contribution is 5.92. The van der Waals surface area contributed by atoms with E-state index in [4.69, 9.17) is 4.74 Å². The van der Waals surface area contributed by atoms with Crippen LogP contribution in [-0.4, -0.2) is 36.2 Å². The van der Waals surface area contributed by atoms with Crippen molar-refractivity contribution in [3.63, 3.8) is 0 Å². The van der Waals surface area contributed by atoms with Crippen LogP contribution >= 0.6 is 0 Å². The zero-order chi connectivity index (χ0) is 26.7. The topological polar surface area (TPSA) is 111 Å². The fourth-order valence-corrected chi connectivity index (χ4v) is 4.89. The molecular weight excluding hydrogens is 470 g/mol. The Balaban J connectivity index is 1.57. The van der Waals surface area contributed by atoms with Crippen LogP contribution in [0, 0.1) is 26.7 Å². The number of hydrogen-bond acceptors (Lipinski definition) is 6. The van der Waals surface area contributed by atoms with Crippen molar-refractivity contribution in [3.05, 3.63) is 63.7 Å². The molecule has 0 radical (unpaired) electrons. The molecule has 0 saturated heterocycles. The van der Waals surface area contributed by atoms with E-state index < -0.39 is 17.2 Å². The van der Waals surface area contributed by atoms with Gasteiger partial charge in [0.25, 0.3) is 11.5 Å². The van der Waals surface area contributed by atoms with E-state index in [-0.39, 0.29) is 12.5 Å². The summed E-state index contributed by atoms with van der Waals surface area (Å²) in [5.74, 6) is 1.42. The fraction of sp³-hybridized carbons (Fsp3) is 0.500. The molecule has 0 bridgehead atoms. The number of ether oxygens (including phenoxy) is 1. The molecule has 2 heterocycles. The molecule has 198 valence electrons. The first-order chi connectivity index (χ1) is 17.5. The van der Waals surface area contributed by atoms with Gasteiger partial charge in [0.05, 0.1) is 18.3 Å². The molecule has 2 aromatic heterocycles. The van der Waals surface area contributed by atoms with Gasteiger partial charge in [0.1, 0.15) is 11.8 Å². The van der Waals surface area contributed by atoms with Crippen molar-refractivity contribution >= 4 is 11.7 Å². The molecule has 2 N–H and O–H groups in total. The van der Waals surface area contributed by atoms with Crippen molar-refractivity contribution in [2.24, 2.45) is 5.92 Å². The van der Waals surface area contributed by atoms with Gasteiger partial charge < -0.3 is 15.2 Å². The van der Waals surface area contributed by atoms with Crippen LogP contribution in [0.4, 0.5) is 5.82 Å².